The van der Waals surface area contributed by atoms with Crippen molar-refractivity contribution in [3.63, 3.8) is 0 Å². The summed E-state index contributed by atoms with van der Waals surface area (Å²) in [6, 6.07) is 5.52. The zero-order valence-corrected chi connectivity index (χ0v) is 11.2. The van der Waals surface area contributed by atoms with E-state index in [1.165, 1.54) is 0 Å². The first-order valence-electron chi connectivity index (χ1n) is 4.32. The molecular formula is C10H8Cl3N2S-. The number of nitrogens with zero attached hydrogens (tertiary/aromatic N) is 1. The van der Waals surface area contributed by atoms with Gasteiger partial charge in [0.05, 0.1) is 0 Å². The van der Waals surface area contributed by atoms with Crippen LogP contribution < -0.4 is 12.4 Å². The van der Waals surface area contributed by atoms with Crippen molar-refractivity contribution in [1.82, 2.24) is 9.97 Å². The average Bonchev–Trinajstić information content (AvgIpc) is 2.69. The maximum Gasteiger partial charge on any atom is 0.165 e. The maximum absolute atomic E-state index is 6.04. The van der Waals surface area contributed by atoms with Gasteiger partial charge in [0.2, 0.25) is 0 Å². The summed E-state index contributed by atoms with van der Waals surface area (Å²) in [5.41, 5.74) is 1.06. The highest BCUT2D eigenvalue weighted by atomic mass is 35.5. The first-order chi connectivity index (χ1) is 7.25. The smallest absolute Gasteiger partial charge is 0.165 e. The molecule has 1 heterocycles. The minimum Gasteiger partial charge on any atom is -1.00 e. The van der Waals surface area contributed by atoms with Gasteiger partial charge in [-0.2, -0.15) is 0 Å². The van der Waals surface area contributed by atoms with E-state index in [-0.39, 0.29) is 12.4 Å². The number of hydrogen-bond acceptors (Lipinski definition) is 2. The van der Waals surface area contributed by atoms with Crippen molar-refractivity contribution in [2.24, 2.45) is 0 Å². The molecule has 0 spiro atoms. The van der Waals surface area contributed by atoms with Crippen molar-refractivity contribution in [1.29, 1.82) is 0 Å². The molecule has 0 unspecified atom stereocenters. The summed E-state index contributed by atoms with van der Waals surface area (Å²) in [7, 11) is 0. The summed E-state index contributed by atoms with van der Waals surface area (Å²) in [6.07, 6.45) is 3.53. The fourth-order valence-corrected chi connectivity index (χ4v) is 2.50. The molecule has 1 aromatic carbocycles. The summed E-state index contributed by atoms with van der Waals surface area (Å²) in [5, 5.41) is 2.24. The molecule has 1 N–H and O–H groups in total. The van der Waals surface area contributed by atoms with E-state index in [0.717, 1.165) is 16.5 Å². The van der Waals surface area contributed by atoms with Crippen LogP contribution in [0.25, 0.3) is 0 Å². The Morgan fingerprint density at radius 3 is 2.75 bits per heavy atom. The van der Waals surface area contributed by atoms with Crippen molar-refractivity contribution in [3.05, 3.63) is 46.2 Å². The van der Waals surface area contributed by atoms with Gasteiger partial charge in [-0.15, -0.1) is 0 Å². The number of imidazole rings is 1. The van der Waals surface area contributed by atoms with E-state index in [9.17, 15) is 0 Å². The molecule has 0 fully saturated rings. The first kappa shape index (κ1) is 13.7. The number of aromatic nitrogens is 2. The summed E-state index contributed by atoms with van der Waals surface area (Å²) in [5.74, 6) is 0.781. The van der Waals surface area contributed by atoms with E-state index >= 15 is 0 Å². The molecule has 0 saturated carbocycles. The lowest BCUT2D eigenvalue weighted by molar-refractivity contribution is -0.00000291. The van der Waals surface area contributed by atoms with Gasteiger partial charge in [-0.05, 0) is 17.7 Å². The molecule has 0 radical (unpaired) electrons. The Balaban J connectivity index is 0.00000128. The van der Waals surface area contributed by atoms with Crippen LogP contribution in [0.4, 0.5) is 0 Å². The summed E-state index contributed by atoms with van der Waals surface area (Å²) < 4.78 is 0. The van der Waals surface area contributed by atoms with Crippen LogP contribution in [0.15, 0.2) is 35.7 Å². The number of aromatic amines is 1. The van der Waals surface area contributed by atoms with Gasteiger partial charge in [-0.25, -0.2) is 4.98 Å². The Hall–Kier alpha value is -0.350. The highest BCUT2D eigenvalue weighted by Crippen LogP contribution is 2.26. The molecule has 0 aliphatic heterocycles. The van der Waals surface area contributed by atoms with E-state index in [4.69, 9.17) is 23.2 Å². The van der Waals surface area contributed by atoms with Gasteiger partial charge in [0.15, 0.2) is 5.16 Å². The molecule has 2 nitrogen and oxygen atoms in total. The summed E-state index contributed by atoms with van der Waals surface area (Å²) in [6.45, 7) is 0. The van der Waals surface area contributed by atoms with Crippen LogP contribution in [0.1, 0.15) is 5.56 Å². The van der Waals surface area contributed by atoms with E-state index in [2.05, 4.69) is 9.97 Å². The topological polar surface area (TPSA) is 28.7 Å². The molecule has 0 atom stereocenters. The second-order valence-corrected chi connectivity index (χ2v) is 4.73. The molecule has 2 rings (SSSR count). The lowest BCUT2D eigenvalue weighted by Gasteiger charge is -2.02. The Kier molecular flexibility index (Phi) is 5.49. The number of thioether (sulfide) groups is 1. The predicted molar refractivity (Wildman–Crippen MR) is 64.6 cm³/mol. The highest BCUT2D eigenvalue weighted by molar-refractivity contribution is 7.98. The SMILES string of the molecule is Clc1ccc(CSc2ncc[nH]2)c(Cl)c1.[Cl-]. The van der Waals surface area contributed by atoms with Crippen molar-refractivity contribution >= 4 is 35.0 Å². The van der Waals surface area contributed by atoms with Crippen molar-refractivity contribution in [3.8, 4) is 0 Å². The minimum atomic E-state index is 0. The van der Waals surface area contributed by atoms with Crippen LogP contribution in [0, 0.1) is 0 Å². The third-order valence-electron chi connectivity index (χ3n) is 1.85. The second-order valence-electron chi connectivity index (χ2n) is 2.92. The lowest BCUT2D eigenvalue weighted by Crippen LogP contribution is -3.00. The number of rotatable bonds is 3. The highest BCUT2D eigenvalue weighted by Gasteiger charge is 2.03. The van der Waals surface area contributed by atoms with Crippen molar-refractivity contribution in [2.45, 2.75) is 10.9 Å². The largest absolute Gasteiger partial charge is 1.00 e. The lowest BCUT2D eigenvalue weighted by atomic mass is 10.2. The molecule has 0 saturated heterocycles. The van der Waals surface area contributed by atoms with Crippen LogP contribution in [0.3, 0.4) is 0 Å². The van der Waals surface area contributed by atoms with Gasteiger partial charge in [0.25, 0.3) is 0 Å². The molecule has 6 heteroatoms. The zero-order valence-electron chi connectivity index (χ0n) is 8.08. The van der Waals surface area contributed by atoms with Gasteiger partial charge in [0, 0.05) is 28.2 Å². The standard InChI is InChI=1S/C10H8Cl2N2S.ClH/c11-8-2-1-7(9(12)5-8)6-15-10-13-3-4-14-10;/h1-5H,6H2,(H,13,14);1H/p-1. The number of hydrogen-bond donors (Lipinski definition) is 1. The van der Waals surface area contributed by atoms with Crippen molar-refractivity contribution < 1.29 is 12.4 Å². The third kappa shape index (κ3) is 3.59. The summed E-state index contributed by atoms with van der Waals surface area (Å²) >= 11 is 13.5. The normalized spacial score (nSPS) is 9.88. The van der Waals surface area contributed by atoms with E-state index in [1.54, 1.807) is 30.2 Å². The van der Waals surface area contributed by atoms with Gasteiger partial charge < -0.3 is 17.4 Å². The Morgan fingerprint density at radius 2 is 2.12 bits per heavy atom. The Bertz CT molecular complexity index is 445. The molecular weight excluding hydrogens is 287 g/mol. The maximum atomic E-state index is 6.04. The summed E-state index contributed by atoms with van der Waals surface area (Å²) in [4.78, 5) is 7.14. The second kappa shape index (κ2) is 6.40. The molecule has 86 valence electrons. The number of nitrogens with one attached hydrogen (secondary N) is 1. The fourth-order valence-electron chi connectivity index (χ4n) is 1.11. The molecule has 2 aromatic rings. The molecule has 0 aliphatic rings. The van der Waals surface area contributed by atoms with Crippen LogP contribution in [-0.4, -0.2) is 9.97 Å². The molecule has 16 heavy (non-hydrogen) atoms. The fraction of sp³-hybridized carbons (Fsp3) is 0.100. The number of H-pyrrole nitrogens is 1. The van der Waals surface area contributed by atoms with E-state index < -0.39 is 0 Å². The number of benzene rings is 1. The van der Waals surface area contributed by atoms with Gasteiger partial charge in [-0.1, -0.05) is 41.0 Å². The van der Waals surface area contributed by atoms with Crippen LogP contribution in [0.5, 0.6) is 0 Å². The molecule has 0 aliphatic carbocycles. The third-order valence-corrected chi connectivity index (χ3v) is 3.39. The van der Waals surface area contributed by atoms with Gasteiger partial charge in [-0.3, -0.25) is 0 Å². The van der Waals surface area contributed by atoms with Gasteiger partial charge in [0.1, 0.15) is 0 Å². The monoisotopic (exact) mass is 293 g/mol. The molecule has 0 amide bonds. The van der Waals surface area contributed by atoms with E-state index in [0.29, 0.717) is 10.0 Å². The minimum absolute atomic E-state index is 0. The molecule has 1 aromatic heterocycles. The Labute approximate surface area is 114 Å². The van der Waals surface area contributed by atoms with E-state index in [1.807, 2.05) is 12.1 Å². The average molecular weight is 295 g/mol. The van der Waals surface area contributed by atoms with Crippen LogP contribution in [0.2, 0.25) is 10.0 Å². The molecule has 0 bridgehead atoms. The number of halogens is 3. The van der Waals surface area contributed by atoms with Crippen LogP contribution >= 0.6 is 35.0 Å². The zero-order chi connectivity index (χ0) is 10.7. The quantitative estimate of drug-likeness (QED) is 0.856. The van der Waals surface area contributed by atoms with Gasteiger partial charge >= 0.3 is 0 Å². The van der Waals surface area contributed by atoms with Crippen LogP contribution in [-0.2, 0) is 5.75 Å². The predicted octanol–water partition coefficient (Wildman–Crippen LogP) is 1.01. The Morgan fingerprint density at radius 1 is 1.31 bits per heavy atom. The van der Waals surface area contributed by atoms with Crippen molar-refractivity contribution in [2.75, 3.05) is 0 Å². The first-order valence-corrected chi connectivity index (χ1v) is 6.06.